The molecule has 0 bridgehead atoms. The third kappa shape index (κ3) is 5.69. The molecule has 2 amide bonds. The van der Waals surface area contributed by atoms with E-state index < -0.39 is 24.0 Å². The molecule has 4 rings (SSSR count). The Morgan fingerprint density at radius 3 is 2.06 bits per heavy atom. The standard InChI is InChI=1S/C28H28N2O5/c1-18(15-25(31)30-26(27(32)33)19-9-3-2-4-10-19)16-29-28(34)35-17-24-22-13-7-5-11-20(22)21-12-6-8-14-23(21)24/h2-14,18,24,26H,15-17H2,1H3,(H,29,34)(H,30,31)(H,32,33)/t18?,26-/m0/s1. The van der Waals surface area contributed by atoms with Crippen LogP contribution in [0, 0.1) is 5.92 Å². The average Bonchev–Trinajstić information content (AvgIpc) is 3.19. The summed E-state index contributed by atoms with van der Waals surface area (Å²) in [7, 11) is 0. The van der Waals surface area contributed by atoms with Crippen LogP contribution >= 0.6 is 0 Å². The Kier molecular flexibility index (Phi) is 7.45. The fourth-order valence-corrected chi connectivity index (χ4v) is 4.45. The molecule has 0 aromatic heterocycles. The molecule has 1 aliphatic carbocycles. The number of carbonyl (C=O) groups excluding carboxylic acids is 2. The fourth-order valence-electron chi connectivity index (χ4n) is 4.45. The third-order valence-electron chi connectivity index (χ3n) is 6.16. The highest BCUT2D eigenvalue weighted by molar-refractivity contribution is 5.84. The van der Waals surface area contributed by atoms with Crippen molar-refractivity contribution in [2.75, 3.05) is 13.2 Å². The number of hydrogen-bond donors (Lipinski definition) is 3. The predicted octanol–water partition coefficient (Wildman–Crippen LogP) is 4.49. The Labute approximate surface area is 204 Å². The quantitative estimate of drug-likeness (QED) is 0.426. The monoisotopic (exact) mass is 472 g/mol. The molecule has 1 unspecified atom stereocenters. The van der Waals surface area contributed by atoms with Gasteiger partial charge in [-0.15, -0.1) is 0 Å². The van der Waals surface area contributed by atoms with Gasteiger partial charge in [0.15, 0.2) is 6.04 Å². The first kappa shape index (κ1) is 24.0. The minimum atomic E-state index is -1.13. The lowest BCUT2D eigenvalue weighted by atomic mass is 9.98. The van der Waals surface area contributed by atoms with Gasteiger partial charge in [-0.2, -0.15) is 0 Å². The Bertz CT molecular complexity index is 1170. The molecule has 2 atom stereocenters. The minimum Gasteiger partial charge on any atom is -0.479 e. The van der Waals surface area contributed by atoms with E-state index in [1.807, 2.05) is 31.2 Å². The number of ether oxygens (including phenoxy) is 1. The summed E-state index contributed by atoms with van der Waals surface area (Å²) in [6, 6.07) is 23.6. The first-order valence-corrected chi connectivity index (χ1v) is 11.6. The highest BCUT2D eigenvalue weighted by Crippen LogP contribution is 2.44. The Hall–Kier alpha value is -4.13. The number of carboxylic acids is 1. The van der Waals surface area contributed by atoms with Gasteiger partial charge in [-0.3, -0.25) is 4.79 Å². The van der Waals surface area contributed by atoms with Crippen LogP contribution < -0.4 is 10.6 Å². The van der Waals surface area contributed by atoms with Crippen molar-refractivity contribution < 1.29 is 24.2 Å². The molecule has 0 heterocycles. The van der Waals surface area contributed by atoms with Gasteiger partial charge in [0, 0.05) is 18.9 Å². The van der Waals surface area contributed by atoms with Gasteiger partial charge in [0.25, 0.3) is 0 Å². The van der Waals surface area contributed by atoms with E-state index in [1.54, 1.807) is 30.3 Å². The molecule has 0 aliphatic heterocycles. The zero-order valence-electron chi connectivity index (χ0n) is 19.4. The van der Waals surface area contributed by atoms with Gasteiger partial charge in [0.1, 0.15) is 6.61 Å². The van der Waals surface area contributed by atoms with Gasteiger partial charge >= 0.3 is 12.1 Å². The smallest absolute Gasteiger partial charge is 0.407 e. The van der Waals surface area contributed by atoms with Crippen LogP contribution in [-0.4, -0.2) is 36.2 Å². The zero-order valence-corrected chi connectivity index (χ0v) is 19.4. The molecule has 0 radical (unpaired) electrons. The number of amides is 2. The molecule has 0 saturated heterocycles. The van der Waals surface area contributed by atoms with Crippen LogP contribution in [0.1, 0.15) is 42.0 Å². The van der Waals surface area contributed by atoms with E-state index in [0.29, 0.717) is 5.56 Å². The second-order valence-electron chi connectivity index (χ2n) is 8.77. The molecular formula is C28H28N2O5. The van der Waals surface area contributed by atoms with E-state index in [2.05, 4.69) is 34.9 Å². The maximum Gasteiger partial charge on any atom is 0.407 e. The second-order valence-corrected chi connectivity index (χ2v) is 8.77. The maximum absolute atomic E-state index is 12.4. The predicted molar refractivity (Wildman–Crippen MR) is 132 cm³/mol. The van der Waals surface area contributed by atoms with Gasteiger partial charge in [0.05, 0.1) is 0 Å². The molecular weight excluding hydrogens is 444 g/mol. The van der Waals surface area contributed by atoms with Crippen molar-refractivity contribution in [3.63, 3.8) is 0 Å². The summed E-state index contributed by atoms with van der Waals surface area (Å²) in [5.74, 6) is -1.76. The van der Waals surface area contributed by atoms with Crippen LogP contribution in [0.25, 0.3) is 11.1 Å². The van der Waals surface area contributed by atoms with Crippen molar-refractivity contribution in [3.8, 4) is 11.1 Å². The second kappa shape index (κ2) is 10.9. The number of rotatable bonds is 9. The number of nitrogens with one attached hydrogen (secondary N) is 2. The first-order chi connectivity index (χ1) is 16.9. The third-order valence-corrected chi connectivity index (χ3v) is 6.16. The average molecular weight is 473 g/mol. The molecule has 0 spiro atoms. The van der Waals surface area contributed by atoms with Crippen molar-refractivity contribution in [2.24, 2.45) is 5.92 Å². The summed E-state index contributed by atoms with van der Waals surface area (Å²) in [6.07, 6.45) is -0.480. The molecule has 0 saturated carbocycles. The normalized spacial score (nSPS) is 13.7. The lowest BCUT2D eigenvalue weighted by Crippen LogP contribution is -2.36. The van der Waals surface area contributed by atoms with Gasteiger partial charge in [0.2, 0.25) is 5.91 Å². The summed E-state index contributed by atoms with van der Waals surface area (Å²) >= 11 is 0. The van der Waals surface area contributed by atoms with E-state index in [4.69, 9.17) is 4.74 Å². The van der Waals surface area contributed by atoms with E-state index in [9.17, 15) is 19.5 Å². The summed E-state index contributed by atoms with van der Waals surface area (Å²) in [5, 5.41) is 14.7. The number of alkyl carbamates (subject to hydrolysis) is 1. The molecule has 0 fully saturated rings. The van der Waals surface area contributed by atoms with Crippen LogP contribution in [0.3, 0.4) is 0 Å². The number of carboxylic acid groups (broad SMARTS) is 1. The number of fused-ring (bicyclic) bond motifs is 3. The zero-order chi connectivity index (χ0) is 24.8. The first-order valence-electron chi connectivity index (χ1n) is 11.6. The Balaban J connectivity index is 1.25. The van der Waals surface area contributed by atoms with Crippen LogP contribution in [0.15, 0.2) is 78.9 Å². The number of hydrogen-bond acceptors (Lipinski definition) is 4. The molecule has 180 valence electrons. The van der Waals surface area contributed by atoms with Crippen LogP contribution in [0.4, 0.5) is 4.79 Å². The van der Waals surface area contributed by atoms with Gasteiger partial charge in [-0.05, 0) is 33.7 Å². The van der Waals surface area contributed by atoms with Gasteiger partial charge < -0.3 is 20.5 Å². The molecule has 35 heavy (non-hydrogen) atoms. The van der Waals surface area contributed by atoms with E-state index in [1.165, 1.54) is 0 Å². The van der Waals surface area contributed by atoms with E-state index in [0.717, 1.165) is 22.3 Å². The summed E-state index contributed by atoms with van der Waals surface area (Å²) in [5.41, 5.74) is 5.09. The fraction of sp³-hybridized carbons (Fsp3) is 0.250. The minimum absolute atomic E-state index is 0.0257. The maximum atomic E-state index is 12.4. The van der Waals surface area contributed by atoms with Gasteiger partial charge in [-0.25, -0.2) is 9.59 Å². The highest BCUT2D eigenvalue weighted by Gasteiger charge is 2.29. The molecule has 7 nitrogen and oxygen atoms in total. The summed E-state index contributed by atoms with van der Waals surface area (Å²) in [6.45, 7) is 2.25. The van der Waals surface area contributed by atoms with Crippen LogP contribution in [-0.2, 0) is 14.3 Å². The summed E-state index contributed by atoms with van der Waals surface area (Å²) in [4.78, 5) is 36.3. The number of carbonyl (C=O) groups is 3. The van der Waals surface area contributed by atoms with E-state index in [-0.39, 0.29) is 31.4 Å². The molecule has 7 heteroatoms. The topological polar surface area (TPSA) is 105 Å². The van der Waals surface area contributed by atoms with Crippen LogP contribution in [0.2, 0.25) is 0 Å². The highest BCUT2D eigenvalue weighted by atomic mass is 16.5. The van der Waals surface area contributed by atoms with Crippen LogP contribution in [0.5, 0.6) is 0 Å². The summed E-state index contributed by atoms with van der Waals surface area (Å²) < 4.78 is 5.52. The number of benzene rings is 3. The molecule has 1 aliphatic rings. The number of aliphatic carboxylic acids is 1. The van der Waals surface area contributed by atoms with Crippen molar-refractivity contribution in [1.82, 2.24) is 10.6 Å². The SMILES string of the molecule is CC(CNC(=O)OCC1c2ccccc2-c2ccccc21)CC(=O)N[C@H](C(=O)O)c1ccccc1. The van der Waals surface area contributed by atoms with Gasteiger partial charge in [-0.1, -0.05) is 85.8 Å². The van der Waals surface area contributed by atoms with Crippen molar-refractivity contribution in [3.05, 3.63) is 95.6 Å². The molecule has 3 aromatic rings. The largest absolute Gasteiger partial charge is 0.479 e. The van der Waals surface area contributed by atoms with Crippen molar-refractivity contribution in [1.29, 1.82) is 0 Å². The Morgan fingerprint density at radius 2 is 1.46 bits per heavy atom. The Morgan fingerprint density at radius 1 is 0.886 bits per heavy atom. The lowest BCUT2D eigenvalue weighted by Gasteiger charge is -2.18. The molecule has 3 N–H and O–H groups in total. The van der Waals surface area contributed by atoms with E-state index >= 15 is 0 Å². The van der Waals surface area contributed by atoms with Crippen molar-refractivity contribution in [2.45, 2.75) is 25.3 Å². The van der Waals surface area contributed by atoms with Crippen molar-refractivity contribution >= 4 is 18.0 Å². The molecule has 3 aromatic carbocycles. The lowest BCUT2D eigenvalue weighted by molar-refractivity contribution is -0.142.